The van der Waals surface area contributed by atoms with Crippen molar-refractivity contribution in [1.29, 1.82) is 0 Å². The Morgan fingerprint density at radius 1 is 1.16 bits per heavy atom. The number of halogens is 3. The number of aryl methyl sites for hydroxylation is 1. The largest absolute Gasteiger partial charge is 0.506 e. The van der Waals surface area contributed by atoms with Gasteiger partial charge in [-0.1, -0.05) is 12.1 Å². The molecule has 0 bridgehead atoms. The summed E-state index contributed by atoms with van der Waals surface area (Å²) in [6.07, 6.45) is -0.946. The molecule has 3 heterocycles. The molecule has 5 N–H and O–H groups in total. The molecule has 0 spiro atoms. The van der Waals surface area contributed by atoms with Crippen LogP contribution in [0.15, 0.2) is 59.4 Å². The van der Waals surface area contributed by atoms with Gasteiger partial charge in [0.25, 0.3) is 5.91 Å². The first-order chi connectivity index (χ1) is 17.9. The topological polar surface area (TPSA) is 143 Å². The highest BCUT2D eigenvalue weighted by Crippen LogP contribution is 2.40. The zero-order chi connectivity index (χ0) is 28.0. The van der Waals surface area contributed by atoms with Gasteiger partial charge in [0.15, 0.2) is 0 Å². The van der Waals surface area contributed by atoms with Gasteiger partial charge in [-0.15, -0.1) is 22.7 Å². The van der Waals surface area contributed by atoms with E-state index in [4.69, 9.17) is 10.8 Å². The van der Waals surface area contributed by atoms with Crippen molar-refractivity contribution in [3.05, 3.63) is 80.9 Å². The van der Waals surface area contributed by atoms with E-state index in [-0.39, 0.29) is 21.2 Å². The number of carbonyl (C=O) groups is 2. The van der Waals surface area contributed by atoms with Crippen LogP contribution in [0.2, 0.25) is 0 Å². The number of thiophene rings is 2. The number of nitrogens with two attached hydrogens (primary N) is 1. The third-order valence-electron chi connectivity index (χ3n) is 5.12. The Bertz CT molecular complexity index is 1460. The highest BCUT2D eigenvalue weighted by Gasteiger charge is 2.30. The number of benzene rings is 1. The second-order valence-corrected chi connectivity index (χ2v) is 9.67. The van der Waals surface area contributed by atoms with Gasteiger partial charge in [-0.2, -0.15) is 18.3 Å². The maximum Gasteiger partial charge on any atom is 0.416 e. The van der Waals surface area contributed by atoms with Crippen LogP contribution < -0.4 is 11.2 Å². The molecular formula is C24H22F3N5O4S2. The highest BCUT2D eigenvalue weighted by atomic mass is 32.1. The number of aromatic hydroxyl groups is 1. The fourth-order valence-corrected chi connectivity index (χ4v) is 4.78. The van der Waals surface area contributed by atoms with Crippen LogP contribution in [0, 0.1) is 0 Å². The fourth-order valence-electron chi connectivity index (χ4n) is 3.03. The van der Waals surface area contributed by atoms with Gasteiger partial charge in [0.1, 0.15) is 10.6 Å². The van der Waals surface area contributed by atoms with Crippen LogP contribution in [0.4, 0.5) is 13.2 Å². The number of aromatic nitrogens is 2. The monoisotopic (exact) mass is 565 g/mol. The SMILES string of the molecule is CC(=NNC(=O)c1ccc(C(=O)O)s1)c1csc(-c2ccc(C(F)(F)F)cc2)c1O.Cn1cncc1CN. The predicted molar refractivity (Wildman–Crippen MR) is 138 cm³/mol. The first-order valence-corrected chi connectivity index (χ1v) is 12.4. The van der Waals surface area contributed by atoms with E-state index in [1.807, 2.05) is 11.6 Å². The van der Waals surface area contributed by atoms with E-state index in [1.165, 1.54) is 31.2 Å². The quantitative estimate of drug-likeness (QED) is 0.193. The second-order valence-electron chi connectivity index (χ2n) is 7.71. The third-order valence-corrected chi connectivity index (χ3v) is 7.21. The van der Waals surface area contributed by atoms with Crippen molar-refractivity contribution < 1.29 is 33.0 Å². The first-order valence-electron chi connectivity index (χ1n) is 10.7. The molecule has 1 aromatic carbocycles. The van der Waals surface area contributed by atoms with Crippen LogP contribution in [0.25, 0.3) is 10.4 Å². The Balaban J connectivity index is 0.000000427. The average Bonchev–Trinajstić information content (AvgIpc) is 3.62. The number of nitrogens with one attached hydrogen (secondary N) is 1. The van der Waals surface area contributed by atoms with Crippen molar-refractivity contribution in [2.24, 2.45) is 17.9 Å². The molecule has 0 aliphatic carbocycles. The van der Waals surface area contributed by atoms with E-state index in [2.05, 4.69) is 15.5 Å². The molecule has 4 rings (SSSR count). The summed E-state index contributed by atoms with van der Waals surface area (Å²) in [5.74, 6) is -1.91. The van der Waals surface area contributed by atoms with Crippen LogP contribution in [-0.4, -0.2) is 37.4 Å². The Labute approximate surface area is 222 Å². The predicted octanol–water partition coefficient (Wildman–Crippen LogP) is 4.93. The van der Waals surface area contributed by atoms with Crippen LogP contribution in [0.1, 0.15) is 43.1 Å². The molecule has 0 saturated heterocycles. The van der Waals surface area contributed by atoms with Crippen molar-refractivity contribution in [1.82, 2.24) is 15.0 Å². The number of alkyl halides is 3. The molecule has 0 saturated carbocycles. The second kappa shape index (κ2) is 12.0. The molecule has 14 heteroatoms. The van der Waals surface area contributed by atoms with Crippen molar-refractivity contribution >= 4 is 40.3 Å². The van der Waals surface area contributed by atoms with Crippen LogP contribution in [0.3, 0.4) is 0 Å². The van der Waals surface area contributed by atoms with E-state index in [0.29, 0.717) is 22.5 Å². The molecule has 0 aliphatic heterocycles. The molecule has 3 aromatic heterocycles. The number of amides is 1. The Kier molecular flexibility index (Phi) is 9.04. The summed E-state index contributed by atoms with van der Waals surface area (Å²) < 4.78 is 40.0. The Morgan fingerprint density at radius 3 is 2.32 bits per heavy atom. The maximum absolute atomic E-state index is 12.7. The van der Waals surface area contributed by atoms with E-state index in [0.717, 1.165) is 40.5 Å². The average molecular weight is 566 g/mol. The molecule has 0 fully saturated rings. The molecule has 0 radical (unpaired) electrons. The lowest BCUT2D eigenvalue weighted by Crippen LogP contribution is -2.18. The number of hydrazone groups is 1. The third kappa shape index (κ3) is 6.85. The Morgan fingerprint density at radius 2 is 1.82 bits per heavy atom. The molecule has 0 unspecified atom stereocenters. The zero-order valence-electron chi connectivity index (χ0n) is 20.0. The first kappa shape index (κ1) is 28.6. The summed E-state index contributed by atoms with van der Waals surface area (Å²) in [5.41, 5.74) is 8.88. The van der Waals surface area contributed by atoms with E-state index >= 15 is 0 Å². The summed E-state index contributed by atoms with van der Waals surface area (Å²) in [7, 11) is 1.93. The summed E-state index contributed by atoms with van der Waals surface area (Å²) in [6.45, 7) is 2.10. The molecule has 9 nitrogen and oxygen atoms in total. The highest BCUT2D eigenvalue weighted by molar-refractivity contribution is 7.15. The minimum Gasteiger partial charge on any atom is -0.506 e. The fraction of sp³-hybridized carbons (Fsp3) is 0.167. The minimum atomic E-state index is -4.45. The molecule has 38 heavy (non-hydrogen) atoms. The number of hydrogen-bond donors (Lipinski definition) is 4. The number of aromatic carboxylic acids is 1. The summed E-state index contributed by atoms with van der Waals surface area (Å²) in [5, 5.41) is 24.8. The number of rotatable bonds is 6. The van der Waals surface area contributed by atoms with Gasteiger partial charge in [-0.25, -0.2) is 15.2 Å². The van der Waals surface area contributed by atoms with E-state index < -0.39 is 23.6 Å². The molecule has 0 atom stereocenters. The van der Waals surface area contributed by atoms with Crippen LogP contribution in [0.5, 0.6) is 5.75 Å². The summed E-state index contributed by atoms with van der Waals surface area (Å²) in [4.78, 5) is 27.4. The number of carbonyl (C=O) groups excluding carboxylic acids is 1. The number of hydrogen-bond acceptors (Lipinski definition) is 8. The zero-order valence-corrected chi connectivity index (χ0v) is 21.6. The van der Waals surface area contributed by atoms with E-state index in [1.54, 1.807) is 17.9 Å². The number of carboxylic acids is 1. The summed E-state index contributed by atoms with van der Waals surface area (Å²) >= 11 is 1.92. The van der Waals surface area contributed by atoms with Gasteiger partial charge in [-0.3, -0.25) is 4.79 Å². The summed E-state index contributed by atoms with van der Waals surface area (Å²) in [6, 6.07) is 7.06. The smallest absolute Gasteiger partial charge is 0.416 e. The van der Waals surface area contributed by atoms with Crippen LogP contribution in [-0.2, 0) is 19.8 Å². The van der Waals surface area contributed by atoms with Gasteiger partial charge in [0.05, 0.1) is 38.6 Å². The van der Waals surface area contributed by atoms with Gasteiger partial charge >= 0.3 is 12.1 Å². The molecular weight excluding hydrogens is 543 g/mol. The number of nitrogens with zero attached hydrogens (tertiary/aromatic N) is 3. The maximum atomic E-state index is 12.7. The van der Waals surface area contributed by atoms with Gasteiger partial charge in [0.2, 0.25) is 0 Å². The van der Waals surface area contributed by atoms with Crippen molar-refractivity contribution in [3.63, 3.8) is 0 Å². The van der Waals surface area contributed by atoms with Crippen molar-refractivity contribution in [2.75, 3.05) is 0 Å². The van der Waals surface area contributed by atoms with Crippen LogP contribution >= 0.6 is 22.7 Å². The molecule has 0 aliphatic rings. The molecule has 1 amide bonds. The lowest BCUT2D eigenvalue weighted by atomic mass is 10.1. The Hall–Kier alpha value is -4.01. The van der Waals surface area contributed by atoms with Gasteiger partial charge in [-0.05, 0) is 36.8 Å². The lowest BCUT2D eigenvalue weighted by Gasteiger charge is -2.07. The van der Waals surface area contributed by atoms with Gasteiger partial charge < -0.3 is 20.5 Å². The normalized spacial score (nSPS) is 11.6. The van der Waals surface area contributed by atoms with Gasteiger partial charge in [0, 0.05) is 25.2 Å². The van der Waals surface area contributed by atoms with Crippen molar-refractivity contribution in [2.45, 2.75) is 19.6 Å². The van der Waals surface area contributed by atoms with Crippen molar-refractivity contribution in [3.8, 4) is 16.2 Å². The number of imidazole rings is 1. The lowest BCUT2D eigenvalue weighted by molar-refractivity contribution is -0.137. The molecule has 4 aromatic rings. The molecule has 200 valence electrons. The van der Waals surface area contributed by atoms with E-state index in [9.17, 15) is 27.9 Å². The number of carboxylic acid groups (broad SMARTS) is 1. The standard InChI is InChI=1S/C19H13F3N2O4S2.C5H9N3/c1-9(23-24-17(26)13-6-7-14(30-13)18(27)28)12-8-29-16(15(12)25)10-2-4-11(5-3-10)19(20,21)22;1-8-4-7-3-5(8)2-6/h2-8,25H,1H3,(H,24,26)(H,27,28);3-4H,2,6H2,1H3. The minimum absolute atomic E-state index is 0.0116.